The predicted octanol–water partition coefficient (Wildman–Crippen LogP) is 2.61. The van der Waals surface area contributed by atoms with Crippen LogP contribution in [0.3, 0.4) is 0 Å². The zero-order chi connectivity index (χ0) is 17.5. The average Bonchev–Trinajstić information content (AvgIpc) is 2.68. The molecule has 25 heavy (non-hydrogen) atoms. The first-order valence-corrected chi connectivity index (χ1v) is 8.64. The lowest BCUT2D eigenvalue weighted by Gasteiger charge is -2.30. The molecule has 0 aliphatic carbocycles. The first-order chi connectivity index (χ1) is 12.2. The van der Waals surface area contributed by atoms with E-state index in [2.05, 4.69) is 16.3 Å². The van der Waals surface area contributed by atoms with Gasteiger partial charge in [0, 0.05) is 25.3 Å². The van der Waals surface area contributed by atoms with Crippen LogP contribution in [0.4, 0.5) is 5.69 Å². The maximum atomic E-state index is 12.3. The molecule has 1 aliphatic heterocycles. The van der Waals surface area contributed by atoms with Gasteiger partial charge < -0.3 is 19.7 Å². The van der Waals surface area contributed by atoms with Crippen LogP contribution in [0.25, 0.3) is 0 Å². The van der Waals surface area contributed by atoms with E-state index in [1.807, 2.05) is 48.5 Å². The van der Waals surface area contributed by atoms with Crippen LogP contribution in [-0.2, 0) is 16.1 Å². The van der Waals surface area contributed by atoms with Crippen molar-refractivity contribution in [3.8, 4) is 5.75 Å². The Kier molecular flexibility index (Phi) is 5.90. The molecular weight excluding hydrogens is 316 g/mol. The van der Waals surface area contributed by atoms with E-state index in [-0.39, 0.29) is 5.91 Å². The number of morpholine rings is 1. The maximum Gasteiger partial charge on any atom is 0.261 e. The quantitative estimate of drug-likeness (QED) is 0.878. The number of nitrogens with zero attached hydrogens (tertiary/aromatic N) is 1. The number of benzene rings is 2. The molecule has 5 heteroatoms. The van der Waals surface area contributed by atoms with E-state index >= 15 is 0 Å². The second kappa shape index (κ2) is 8.53. The summed E-state index contributed by atoms with van der Waals surface area (Å²) in [6.45, 7) is 5.47. The minimum Gasteiger partial charge on any atom is -0.481 e. The Bertz CT molecular complexity index is 684. The molecule has 1 aliphatic rings. The molecule has 0 radical (unpaired) electrons. The number of para-hydroxylation sites is 2. The van der Waals surface area contributed by atoms with Crippen LogP contribution in [0.15, 0.2) is 54.6 Å². The molecule has 0 bridgehead atoms. The summed E-state index contributed by atoms with van der Waals surface area (Å²) in [5, 5.41) is 2.98. The molecule has 1 N–H and O–H groups in total. The summed E-state index contributed by atoms with van der Waals surface area (Å²) in [6, 6.07) is 17.5. The lowest BCUT2D eigenvalue weighted by molar-refractivity contribution is -0.127. The third kappa shape index (κ3) is 4.73. The van der Waals surface area contributed by atoms with Gasteiger partial charge in [0.1, 0.15) is 5.75 Å². The second-order valence-corrected chi connectivity index (χ2v) is 6.02. The Morgan fingerprint density at radius 2 is 1.80 bits per heavy atom. The van der Waals surface area contributed by atoms with E-state index < -0.39 is 6.10 Å². The molecule has 1 heterocycles. The summed E-state index contributed by atoms with van der Waals surface area (Å²) in [5.41, 5.74) is 2.26. The molecule has 1 saturated heterocycles. The van der Waals surface area contributed by atoms with E-state index in [0.29, 0.717) is 12.3 Å². The molecule has 1 atom stereocenters. The maximum absolute atomic E-state index is 12.3. The summed E-state index contributed by atoms with van der Waals surface area (Å²) >= 11 is 0. The number of nitrogens with one attached hydrogen (secondary N) is 1. The molecule has 0 aromatic heterocycles. The molecule has 1 unspecified atom stereocenters. The second-order valence-electron chi connectivity index (χ2n) is 6.02. The van der Waals surface area contributed by atoms with Crippen molar-refractivity contribution in [1.29, 1.82) is 0 Å². The van der Waals surface area contributed by atoms with E-state index in [1.54, 1.807) is 6.92 Å². The standard InChI is InChI=1S/C20H24N2O3/c1-16(25-18-8-3-2-4-9-18)20(23)21-15-17-7-5-6-10-19(17)22-11-13-24-14-12-22/h2-10,16H,11-15H2,1H3,(H,21,23). The van der Waals surface area contributed by atoms with Crippen LogP contribution in [0.5, 0.6) is 5.75 Å². The van der Waals surface area contributed by atoms with Gasteiger partial charge in [-0.15, -0.1) is 0 Å². The first kappa shape index (κ1) is 17.3. The fraction of sp³-hybridized carbons (Fsp3) is 0.350. The molecule has 5 nitrogen and oxygen atoms in total. The third-order valence-corrected chi connectivity index (χ3v) is 4.22. The Morgan fingerprint density at radius 3 is 2.56 bits per heavy atom. The number of ether oxygens (including phenoxy) is 2. The van der Waals surface area contributed by atoms with Gasteiger partial charge in [-0.05, 0) is 30.7 Å². The van der Waals surface area contributed by atoms with Crippen LogP contribution < -0.4 is 15.0 Å². The van der Waals surface area contributed by atoms with Crippen molar-refractivity contribution >= 4 is 11.6 Å². The topological polar surface area (TPSA) is 50.8 Å². The summed E-state index contributed by atoms with van der Waals surface area (Å²) in [7, 11) is 0. The third-order valence-electron chi connectivity index (χ3n) is 4.22. The van der Waals surface area contributed by atoms with Crippen LogP contribution in [0.1, 0.15) is 12.5 Å². The number of carbonyl (C=O) groups is 1. The molecule has 2 aromatic rings. The van der Waals surface area contributed by atoms with E-state index in [1.165, 1.54) is 0 Å². The Morgan fingerprint density at radius 1 is 1.12 bits per heavy atom. The highest BCUT2D eigenvalue weighted by Crippen LogP contribution is 2.21. The smallest absolute Gasteiger partial charge is 0.261 e. The van der Waals surface area contributed by atoms with E-state index in [0.717, 1.165) is 37.6 Å². The zero-order valence-electron chi connectivity index (χ0n) is 14.5. The number of amides is 1. The van der Waals surface area contributed by atoms with Gasteiger partial charge in [-0.3, -0.25) is 4.79 Å². The minimum absolute atomic E-state index is 0.124. The largest absolute Gasteiger partial charge is 0.481 e. The fourth-order valence-corrected chi connectivity index (χ4v) is 2.86. The van der Waals surface area contributed by atoms with Gasteiger partial charge in [-0.25, -0.2) is 0 Å². The lowest BCUT2D eigenvalue weighted by Crippen LogP contribution is -2.38. The number of carbonyl (C=O) groups excluding carboxylic acids is 1. The monoisotopic (exact) mass is 340 g/mol. The molecular formula is C20H24N2O3. The number of hydrogen-bond acceptors (Lipinski definition) is 4. The van der Waals surface area contributed by atoms with Gasteiger partial charge in [0.25, 0.3) is 5.91 Å². The number of rotatable bonds is 6. The van der Waals surface area contributed by atoms with Gasteiger partial charge in [-0.2, -0.15) is 0 Å². The highest BCUT2D eigenvalue weighted by molar-refractivity contribution is 5.80. The van der Waals surface area contributed by atoms with Gasteiger partial charge >= 0.3 is 0 Å². The number of anilines is 1. The lowest BCUT2D eigenvalue weighted by atomic mass is 10.1. The van der Waals surface area contributed by atoms with Crippen molar-refractivity contribution in [2.24, 2.45) is 0 Å². The Balaban J connectivity index is 1.58. The predicted molar refractivity (Wildman–Crippen MR) is 97.9 cm³/mol. The van der Waals surface area contributed by atoms with E-state index in [9.17, 15) is 4.79 Å². The van der Waals surface area contributed by atoms with Crippen LogP contribution in [0, 0.1) is 0 Å². The zero-order valence-corrected chi connectivity index (χ0v) is 14.5. The van der Waals surface area contributed by atoms with Crippen molar-refractivity contribution in [2.75, 3.05) is 31.2 Å². The van der Waals surface area contributed by atoms with E-state index in [4.69, 9.17) is 9.47 Å². The van der Waals surface area contributed by atoms with Crippen molar-refractivity contribution in [3.05, 3.63) is 60.2 Å². The number of hydrogen-bond donors (Lipinski definition) is 1. The van der Waals surface area contributed by atoms with Crippen LogP contribution in [-0.4, -0.2) is 38.3 Å². The molecule has 0 spiro atoms. The highest BCUT2D eigenvalue weighted by atomic mass is 16.5. The molecule has 2 aromatic carbocycles. The summed E-state index contributed by atoms with van der Waals surface area (Å²) in [4.78, 5) is 14.6. The molecule has 0 saturated carbocycles. The highest BCUT2D eigenvalue weighted by Gasteiger charge is 2.17. The Hall–Kier alpha value is -2.53. The fourth-order valence-electron chi connectivity index (χ4n) is 2.86. The average molecular weight is 340 g/mol. The molecule has 3 rings (SSSR count). The molecule has 1 amide bonds. The minimum atomic E-state index is -0.544. The van der Waals surface area contributed by atoms with Crippen molar-refractivity contribution in [3.63, 3.8) is 0 Å². The summed E-state index contributed by atoms with van der Waals surface area (Å²) in [5.74, 6) is 0.569. The van der Waals surface area contributed by atoms with Crippen molar-refractivity contribution in [1.82, 2.24) is 5.32 Å². The van der Waals surface area contributed by atoms with Gasteiger partial charge in [-0.1, -0.05) is 36.4 Å². The van der Waals surface area contributed by atoms with Crippen LogP contribution >= 0.6 is 0 Å². The molecule has 132 valence electrons. The SMILES string of the molecule is CC(Oc1ccccc1)C(=O)NCc1ccccc1N1CCOCC1. The summed E-state index contributed by atoms with van der Waals surface area (Å²) < 4.78 is 11.1. The van der Waals surface area contributed by atoms with Gasteiger partial charge in [0.2, 0.25) is 0 Å². The normalized spacial score (nSPS) is 15.5. The van der Waals surface area contributed by atoms with Gasteiger partial charge in [0.15, 0.2) is 6.10 Å². The summed E-state index contributed by atoms with van der Waals surface area (Å²) in [6.07, 6.45) is -0.544. The Labute approximate surface area is 148 Å². The van der Waals surface area contributed by atoms with Crippen LogP contribution in [0.2, 0.25) is 0 Å². The van der Waals surface area contributed by atoms with Crippen molar-refractivity contribution in [2.45, 2.75) is 19.6 Å². The van der Waals surface area contributed by atoms with Crippen molar-refractivity contribution < 1.29 is 14.3 Å². The molecule has 1 fully saturated rings. The first-order valence-electron chi connectivity index (χ1n) is 8.64. The van der Waals surface area contributed by atoms with Gasteiger partial charge in [0.05, 0.1) is 13.2 Å².